The zero-order valence-corrected chi connectivity index (χ0v) is 14.6. The largest absolute Gasteiger partial charge is 0.449 e. The third kappa shape index (κ3) is 4.02. The molecule has 0 fully saturated rings. The number of aliphatic hydroxyl groups is 1. The summed E-state index contributed by atoms with van der Waals surface area (Å²) >= 11 is 0. The first-order chi connectivity index (χ1) is 12.2. The van der Waals surface area contributed by atoms with Crippen LogP contribution in [0.3, 0.4) is 0 Å². The summed E-state index contributed by atoms with van der Waals surface area (Å²) in [6, 6.07) is 16.6. The lowest BCUT2D eigenvalue weighted by Crippen LogP contribution is -2.30. The number of rotatable bonds is 7. The Morgan fingerprint density at radius 3 is 2.32 bits per heavy atom. The van der Waals surface area contributed by atoms with Gasteiger partial charge in [0.15, 0.2) is 0 Å². The van der Waals surface area contributed by atoms with Crippen molar-refractivity contribution in [2.75, 3.05) is 19.8 Å². The van der Waals surface area contributed by atoms with E-state index in [1.165, 1.54) is 22.3 Å². The lowest BCUT2D eigenvalue weighted by atomic mass is 9.98. The van der Waals surface area contributed by atoms with Gasteiger partial charge in [-0.15, -0.1) is 0 Å². The van der Waals surface area contributed by atoms with E-state index in [-0.39, 0.29) is 18.6 Å². The first kappa shape index (κ1) is 17.5. The molecule has 2 aromatic rings. The average molecular weight is 339 g/mol. The number of aliphatic hydroxyl groups excluding tert-OH is 1. The number of carbonyl (C=O) groups is 1. The van der Waals surface area contributed by atoms with Crippen molar-refractivity contribution in [2.45, 2.75) is 25.7 Å². The number of fused-ring (bicyclic) bond motifs is 3. The minimum atomic E-state index is -0.377. The van der Waals surface area contributed by atoms with Gasteiger partial charge >= 0.3 is 6.09 Å². The number of benzene rings is 2. The molecule has 1 atom stereocenters. The van der Waals surface area contributed by atoms with Crippen LogP contribution in [0.15, 0.2) is 48.5 Å². The molecule has 3 rings (SSSR count). The number of carbonyl (C=O) groups excluding carboxylic acids is 1. The van der Waals surface area contributed by atoms with Gasteiger partial charge in [-0.2, -0.15) is 0 Å². The van der Waals surface area contributed by atoms with Crippen molar-refractivity contribution in [1.29, 1.82) is 0 Å². The summed E-state index contributed by atoms with van der Waals surface area (Å²) in [5.74, 6) is 0.414. The van der Waals surface area contributed by atoms with Gasteiger partial charge in [-0.3, -0.25) is 0 Å². The molecule has 0 saturated heterocycles. The molecule has 2 N–H and O–H groups in total. The van der Waals surface area contributed by atoms with Crippen LogP contribution in [0.2, 0.25) is 0 Å². The van der Waals surface area contributed by atoms with E-state index in [0.717, 1.165) is 12.8 Å². The molecule has 0 spiro atoms. The van der Waals surface area contributed by atoms with Crippen molar-refractivity contribution in [3.05, 3.63) is 59.7 Å². The van der Waals surface area contributed by atoms with E-state index in [1.807, 2.05) is 24.3 Å². The Kier molecular flexibility index (Phi) is 5.71. The third-order valence-corrected chi connectivity index (χ3v) is 4.79. The molecule has 0 radical (unpaired) electrons. The second-order valence-electron chi connectivity index (χ2n) is 6.68. The van der Waals surface area contributed by atoms with E-state index in [1.54, 1.807) is 0 Å². The van der Waals surface area contributed by atoms with Crippen LogP contribution in [0.4, 0.5) is 4.79 Å². The highest BCUT2D eigenvalue weighted by atomic mass is 16.5. The standard InChI is InChI=1S/C21H25NO3/c1-15(7-6-12-23)13-22-21(24)25-14-20-18-10-4-2-8-16(18)17-9-3-5-11-19(17)20/h2-5,8-11,15,20,23H,6-7,12-14H2,1H3,(H,22,24). The molecular weight excluding hydrogens is 314 g/mol. The quantitative estimate of drug-likeness (QED) is 0.803. The van der Waals surface area contributed by atoms with Gasteiger partial charge in [0, 0.05) is 19.1 Å². The summed E-state index contributed by atoms with van der Waals surface area (Å²) in [6.07, 6.45) is 1.27. The van der Waals surface area contributed by atoms with Gasteiger partial charge in [-0.1, -0.05) is 55.5 Å². The Morgan fingerprint density at radius 1 is 1.12 bits per heavy atom. The van der Waals surface area contributed by atoms with Gasteiger partial charge in [0.1, 0.15) is 6.61 Å². The number of amides is 1. The summed E-state index contributed by atoms with van der Waals surface area (Å²) in [5.41, 5.74) is 4.88. The fourth-order valence-electron chi connectivity index (χ4n) is 3.45. The number of hydrogen-bond donors (Lipinski definition) is 2. The van der Waals surface area contributed by atoms with E-state index in [4.69, 9.17) is 9.84 Å². The van der Waals surface area contributed by atoms with Crippen molar-refractivity contribution in [3.63, 3.8) is 0 Å². The van der Waals surface area contributed by atoms with Crippen molar-refractivity contribution < 1.29 is 14.6 Å². The molecule has 0 heterocycles. The van der Waals surface area contributed by atoms with E-state index in [2.05, 4.69) is 36.5 Å². The summed E-state index contributed by atoms with van der Waals surface area (Å²) in [5, 5.41) is 11.7. The highest BCUT2D eigenvalue weighted by molar-refractivity contribution is 5.79. The third-order valence-electron chi connectivity index (χ3n) is 4.79. The molecule has 1 aliphatic carbocycles. The summed E-state index contributed by atoms with van der Waals surface area (Å²) < 4.78 is 5.50. The monoisotopic (exact) mass is 339 g/mol. The topological polar surface area (TPSA) is 58.6 Å². The summed E-state index contributed by atoms with van der Waals surface area (Å²) in [6.45, 7) is 3.15. The first-order valence-corrected chi connectivity index (χ1v) is 8.90. The van der Waals surface area contributed by atoms with Crippen LogP contribution in [-0.4, -0.2) is 31.0 Å². The molecule has 25 heavy (non-hydrogen) atoms. The molecule has 0 aliphatic heterocycles. The van der Waals surface area contributed by atoms with Crippen LogP contribution >= 0.6 is 0 Å². The SMILES string of the molecule is CC(CCCO)CNC(=O)OCC1c2ccccc2-c2ccccc21. The average Bonchev–Trinajstić information content (AvgIpc) is 2.97. The molecule has 4 heteroatoms. The normalized spacial score (nSPS) is 13.8. The van der Waals surface area contributed by atoms with Gasteiger partial charge in [0.25, 0.3) is 0 Å². The van der Waals surface area contributed by atoms with E-state index in [0.29, 0.717) is 19.1 Å². The zero-order chi connectivity index (χ0) is 17.6. The van der Waals surface area contributed by atoms with E-state index in [9.17, 15) is 4.79 Å². The first-order valence-electron chi connectivity index (χ1n) is 8.90. The Labute approximate surface area is 148 Å². The van der Waals surface area contributed by atoms with Crippen LogP contribution < -0.4 is 5.32 Å². The minimum Gasteiger partial charge on any atom is -0.449 e. The maximum absolute atomic E-state index is 12.0. The molecule has 0 aromatic heterocycles. The Balaban J connectivity index is 1.59. The van der Waals surface area contributed by atoms with Crippen LogP contribution in [0.5, 0.6) is 0 Å². The van der Waals surface area contributed by atoms with E-state index >= 15 is 0 Å². The number of ether oxygens (including phenoxy) is 1. The molecule has 4 nitrogen and oxygen atoms in total. The van der Waals surface area contributed by atoms with Gasteiger partial charge in [-0.05, 0) is 41.0 Å². The maximum Gasteiger partial charge on any atom is 0.407 e. The molecular formula is C21H25NO3. The van der Waals surface area contributed by atoms with Crippen LogP contribution in [0.1, 0.15) is 36.8 Å². The van der Waals surface area contributed by atoms with Gasteiger partial charge in [-0.25, -0.2) is 4.79 Å². The van der Waals surface area contributed by atoms with Crippen molar-refractivity contribution >= 4 is 6.09 Å². The van der Waals surface area contributed by atoms with Crippen molar-refractivity contribution in [3.8, 4) is 11.1 Å². The lowest BCUT2D eigenvalue weighted by molar-refractivity contribution is 0.141. The molecule has 2 aromatic carbocycles. The fourth-order valence-corrected chi connectivity index (χ4v) is 3.45. The highest BCUT2D eigenvalue weighted by Crippen LogP contribution is 2.44. The maximum atomic E-state index is 12.0. The predicted octanol–water partition coefficient (Wildman–Crippen LogP) is 3.93. The lowest BCUT2D eigenvalue weighted by Gasteiger charge is -2.16. The van der Waals surface area contributed by atoms with Crippen LogP contribution in [-0.2, 0) is 4.74 Å². The molecule has 0 saturated carbocycles. The van der Waals surface area contributed by atoms with E-state index < -0.39 is 0 Å². The molecule has 132 valence electrons. The molecule has 1 unspecified atom stereocenters. The van der Waals surface area contributed by atoms with Gasteiger partial charge in [0.2, 0.25) is 0 Å². The number of nitrogens with one attached hydrogen (secondary N) is 1. The second kappa shape index (κ2) is 8.17. The highest BCUT2D eigenvalue weighted by Gasteiger charge is 2.28. The Bertz CT molecular complexity index is 683. The van der Waals surface area contributed by atoms with Gasteiger partial charge < -0.3 is 15.2 Å². The van der Waals surface area contributed by atoms with Crippen molar-refractivity contribution in [2.24, 2.45) is 5.92 Å². The zero-order valence-electron chi connectivity index (χ0n) is 14.6. The minimum absolute atomic E-state index is 0.0879. The van der Waals surface area contributed by atoms with Gasteiger partial charge in [0.05, 0.1) is 0 Å². The van der Waals surface area contributed by atoms with Crippen molar-refractivity contribution in [1.82, 2.24) is 5.32 Å². The second-order valence-corrected chi connectivity index (χ2v) is 6.68. The number of hydrogen-bond acceptors (Lipinski definition) is 3. The molecule has 1 amide bonds. The Morgan fingerprint density at radius 2 is 1.72 bits per heavy atom. The number of alkyl carbamates (subject to hydrolysis) is 1. The predicted molar refractivity (Wildman–Crippen MR) is 98.6 cm³/mol. The van der Waals surface area contributed by atoms with Crippen LogP contribution in [0, 0.1) is 5.92 Å². The molecule has 1 aliphatic rings. The summed E-state index contributed by atoms with van der Waals surface area (Å²) in [7, 11) is 0. The van der Waals surface area contributed by atoms with Crippen LogP contribution in [0.25, 0.3) is 11.1 Å². The fraction of sp³-hybridized carbons (Fsp3) is 0.381. The molecule has 0 bridgehead atoms. The smallest absolute Gasteiger partial charge is 0.407 e. The Hall–Kier alpha value is -2.33. The summed E-state index contributed by atoms with van der Waals surface area (Å²) in [4.78, 5) is 12.0.